The van der Waals surface area contributed by atoms with Crippen molar-refractivity contribution < 1.29 is 0 Å². The predicted molar refractivity (Wildman–Crippen MR) is 78.3 cm³/mol. The third-order valence-corrected chi connectivity index (χ3v) is 4.81. The second kappa shape index (κ2) is 6.76. The maximum atomic E-state index is 4.44. The molecular formula is C13H19BrN2S. The standard InChI is InChI=1S/C13H19BrN2S/c1-2-17-12-7-6-10(8-12)15-9-11-4-3-5-13(14)16-11/h3-5,10,12,15H,2,6-9H2,1H3. The lowest BCUT2D eigenvalue weighted by Gasteiger charge is -2.12. The molecule has 1 aromatic heterocycles. The van der Waals surface area contributed by atoms with Crippen molar-refractivity contribution in [2.75, 3.05) is 5.75 Å². The summed E-state index contributed by atoms with van der Waals surface area (Å²) < 4.78 is 0.919. The molecule has 0 spiro atoms. The monoisotopic (exact) mass is 314 g/mol. The Labute approximate surface area is 116 Å². The topological polar surface area (TPSA) is 24.9 Å². The Morgan fingerprint density at radius 1 is 1.47 bits per heavy atom. The molecule has 1 aliphatic rings. The summed E-state index contributed by atoms with van der Waals surface area (Å²) in [5.41, 5.74) is 1.12. The molecule has 1 saturated carbocycles. The van der Waals surface area contributed by atoms with Crippen molar-refractivity contribution in [1.82, 2.24) is 10.3 Å². The van der Waals surface area contributed by atoms with Crippen LogP contribution in [-0.4, -0.2) is 22.0 Å². The number of rotatable bonds is 5. The quantitative estimate of drug-likeness (QED) is 0.840. The molecule has 0 bridgehead atoms. The maximum absolute atomic E-state index is 4.44. The molecule has 1 aromatic rings. The lowest BCUT2D eigenvalue weighted by molar-refractivity contribution is 0.520. The predicted octanol–water partition coefficient (Wildman–Crippen LogP) is 3.61. The van der Waals surface area contributed by atoms with E-state index in [-0.39, 0.29) is 0 Å². The van der Waals surface area contributed by atoms with Crippen LogP contribution >= 0.6 is 27.7 Å². The van der Waals surface area contributed by atoms with E-state index in [0.717, 1.165) is 22.1 Å². The Bertz CT molecular complexity index is 359. The van der Waals surface area contributed by atoms with E-state index in [1.165, 1.54) is 25.0 Å². The van der Waals surface area contributed by atoms with Crippen molar-refractivity contribution in [3.8, 4) is 0 Å². The summed E-state index contributed by atoms with van der Waals surface area (Å²) in [4.78, 5) is 4.44. The molecule has 1 fully saturated rings. The van der Waals surface area contributed by atoms with Gasteiger partial charge in [-0.05, 0) is 53.1 Å². The Morgan fingerprint density at radius 2 is 2.35 bits per heavy atom. The van der Waals surface area contributed by atoms with E-state index in [2.05, 4.69) is 51.0 Å². The summed E-state index contributed by atoms with van der Waals surface area (Å²) in [6, 6.07) is 6.76. The SMILES string of the molecule is CCSC1CCC(NCc2cccc(Br)n2)C1. The number of nitrogens with zero attached hydrogens (tertiary/aromatic N) is 1. The first-order valence-electron chi connectivity index (χ1n) is 6.24. The lowest BCUT2D eigenvalue weighted by Crippen LogP contribution is -2.26. The van der Waals surface area contributed by atoms with Gasteiger partial charge in [0.25, 0.3) is 0 Å². The van der Waals surface area contributed by atoms with Crippen LogP contribution in [-0.2, 0) is 6.54 Å². The van der Waals surface area contributed by atoms with Crippen LogP contribution in [0.25, 0.3) is 0 Å². The molecular weight excluding hydrogens is 296 g/mol. The smallest absolute Gasteiger partial charge is 0.106 e. The van der Waals surface area contributed by atoms with Crippen LogP contribution in [0.15, 0.2) is 22.8 Å². The van der Waals surface area contributed by atoms with E-state index in [1.54, 1.807) is 0 Å². The van der Waals surface area contributed by atoms with Crippen molar-refractivity contribution in [3.05, 3.63) is 28.5 Å². The molecule has 0 saturated heterocycles. The molecule has 1 N–H and O–H groups in total. The molecule has 0 aliphatic heterocycles. The van der Waals surface area contributed by atoms with E-state index in [0.29, 0.717) is 6.04 Å². The van der Waals surface area contributed by atoms with Crippen LogP contribution in [0, 0.1) is 0 Å². The van der Waals surface area contributed by atoms with Crippen LogP contribution in [0.1, 0.15) is 31.9 Å². The zero-order valence-corrected chi connectivity index (χ0v) is 12.6. The number of thioether (sulfide) groups is 1. The number of aromatic nitrogens is 1. The first kappa shape index (κ1) is 13.4. The second-order valence-electron chi connectivity index (χ2n) is 4.42. The van der Waals surface area contributed by atoms with E-state index < -0.39 is 0 Å². The van der Waals surface area contributed by atoms with Gasteiger partial charge in [-0.25, -0.2) is 4.98 Å². The number of pyridine rings is 1. The van der Waals surface area contributed by atoms with E-state index in [4.69, 9.17) is 0 Å². The Kier molecular flexibility index (Phi) is 5.32. The minimum Gasteiger partial charge on any atom is -0.308 e. The van der Waals surface area contributed by atoms with Gasteiger partial charge in [0.15, 0.2) is 0 Å². The van der Waals surface area contributed by atoms with Gasteiger partial charge in [-0.2, -0.15) is 11.8 Å². The van der Waals surface area contributed by atoms with Gasteiger partial charge in [0, 0.05) is 17.8 Å². The fourth-order valence-corrected chi connectivity index (χ4v) is 3.83. The van der Waals surface area contributed by atoms with Gasteiger partial charge in [0.05, 0.1) is 5.69 Å². The molecule has 4 heteroatoms. The van der Waals surface area contributed by atoms with Crippen LogP contribution in [0.2, 0.25) is 0 Å². The molecule has 2 atom stereocenters. The molecule has 1 aliphatic carbocycles. The number of halogens is 1. The molecule has 94 valence electrons. The highest BCUT2D eigenvalue weighted by atomic mass is 79.9. The number of hydrogen-bond acceptors (Lipinski definition) is 3. The summed E-state index contributed by atoms with van der Waals surface area (Å²) >= 11 is 5.51. The number of nitrogens with one attached hydrogen (secondary N) is 1. The summed E-state index contributed by atoms with van der Waals surface area (Å²) in [6.07, 6.45) is 3.99. The fraction of sp³-hybridized carbons (Fsp3) is 0.615. The van der Waals surface area contributed by atoms with Crippen LogP contribution in [0.4, 0.5) is 0 Å². The normalized spacial score (nSPS) is 24.1. The third kappa shape index (κ3) is 4.27. The first-order valence-corrected chi connectivity index (χ1v) is 8.08. The molecule has 0 amide bonds. The van der Waals surface area contributed by atoms with Gasteiger partial charge >= 0.3 is 0 Å². The van der Waals surface area contributed by atoms with Crippen molar-refractivity contribution in [1.29, 1.82) is 0 Å². The molecule has 2 rings (SSSR count). The summed E-state index contributed by atoms with van der Waals surface area (Å²) in [5, 5.41) is 4.49. The van der Waals surface area contributed by atoms with Crippen LogP contribution in [0.5, 0.6) is 0 Å². The van der Waals surface area contributed by atoms with Gasteiger partial charge in [0.2, 0.25) is 0 Å². The van der Waals surface area contributed by atoms with Crippen molar-refractivity contribution in [2.24, 2.45) is 0 Å². The lowest BCUT2D eigenvalue weighted by atomic mass is 10.2. The Balaban J connectivity index is 1.76. The highest BCUT2D eigenvalue weighted by molar-refractivity contribution is 9.10. The molecule has 1 heterocycles. The molecule has 0 aromatic carbocycles. The van der Waals surface area contributed by atoms with E-state index in [1.807, 2.05) is 12.1 Å². The van der Waals surface area contributed by atoms with E-state index in [9.17, 15) is 0 Å². The zero-order chi connectivity index (χ0) is 12.1. The summed E-state index contributed by atoms with van der Waals surface area (Å²) in [6.45, 7) is 3.13. The van der Waals surface area contributed by atoms with Gasteiger partial charge in [-0.3, -0.25) is 0 Å². The van der Waals surface area contributed by atoms with Gasteiger partial charge in [0.1, 0.15) is 4.60 Å². The van der Waals surface area contributed by atoms with Crippen molar-refractivity contribution in [2.45, 2.75) is 44.0 Å². The highest BCUT2D eigenvalue weighted by Crippen LogP contribution is 2.29. The van der Waals surface area contributed by atoms with Gasteiger partial charge in [-0.15, -0.1) is 0 Å². The minimum absolute atomic E-state index is 0.680. The largest absolute Gasteiger partial charge is 0.308 e. The minimum atomic E-state index is 0.680. The van der Waals surface area contributed by atoms with Gasteiger partial charge in [-0.1, -0.05) is 13.0 Å². The maximum Gasteiger partial charge on any atom is 0.106 e. The first-order chi connectivity index (χ1) is 8.28. The third-order valence-electron chi connectivity index (χ3n) is 3.13. The van der Waals surface area contributed by atoms with Gasteiger partial charge < -0.3 is 5.32 Å². The average molecular weight is 315 g/mol. The molecule has 17 heavy (non-hydrogen) atoms. The Morgan fingerprint density at radius 3 is 3.12 bits per heavy atom. The average Bonchev–Trinajstić information content (AvgIpc) is 2.75. The fourth-order valence-electron chi connectivity index (χ4n) is 2.31. The summed E-state index contributed by atoms with van der Waals surface area (Å²) in [5.74, 6) is 1.24. The molecule has 0 radical (unpaired) electrons. The van der Waals surface area contributed by atoms with Crippen molar-refractivity contribution >= 4 is 27.7 Å². The van der Waals surface area contributed by atoms with E-state index >= 15 is 0 Å². The van der Waals surface area contributed by atoms with Crippen LogP contribution in [0.3, 0.4) is 0 Å². The highest BCUT2D eigenvalue weighted by Gasteiger charge is 2.23. The zero-order valence-electron chi connectivity index (χ0n) is 10.2. The second-order valence-corrected chi connectivity index (χ2v) is 6.81. The van der Waals surface area contributed by atoms with Crippen LogP contribution < -0.4 is 5.32 Å². The molecule has 2 nitrogen and oxygen atoms in total. The summed E-state index contributed by atoms with van der Waals surface area (Å²) in [7, 11) is 0. The number of hydrogen-bond donors (Lipinski definition) is 1. The Hall–Kier alpha value is -0.0600. The van der Waals surface area contributed by atoms with Crippen molar-refractivity contribution in [3.63, 3.8) is 0 Å². The molecule has 2 unspecified atom stereocenters.